The molecule has 1 unspecified atom stereocenters. The summed E-state index contributed by atoms with van der Waals surface area (Å²) in [7, 11) is 3.30. The van der Waals surface area contributed by atoms with Gasteiger partial charge in [0.15, 0.2) is 11.6 Å². The second-order valence-corrected chi connectivity index (χ2v) is 4.13. The number of methoxy groups -OCH3 is 1. The lowest BCUT2D eigenvalue weighted by atomic mass is 10.1. The fourth-order valence-corrected chi connectivity index (χ4v) is 1.75. The molecule has 18 heavy (non-hydrogen) atoms. The zero-order valence-electron chi connectivity index (χ0n) is 10.6. The number of rotatable bonds is 4. The average Bonchev–Trinajstić information content (AvgIpc) is 2.74. The molecule has 1 N–H and O–H groups in total. The van der Waals surface area contributed by atoms with E-state index in [1.54, 1.807) is 10.7 Å². The zero-order valence-corrected chi connectivity index (χ0v) is 10.6. The van der Waals surface area contributed by atoms with Crippen molar-refractivity contribution in [3.05, 3.63) is 41.8 Å². The average molecular weight is 249 g/mol. The van der Waals surface area contributed by atoms with Crippen LogP contribution in [0.5, 0.6) is 5.75 Å². The molecule has 1 atom stereocenters. The molecule has 0 aliphatic rings. The quantitative estimate of drug-likeness (QED) is 0.905. The molecule has 0 radical (unpaired) electrons. The van der Waals surface area contributed by atoms with Crippen molar-refractivity contribution in [1.82, 2.24) is 9.78 Å². The van der Waals surface area contributed by atoms with Crippen molar-refractivity contribution in [2.75, 3.05) is 12.4 Å². The summed E-state index contributed by atoms with van der Waals surface area (Å²) in [5, 5.41) is 7.42. The molecule has 5 heteroatoms. The molecule has 0 bridgehead atoms. The van der Waals surface area contributed by atoms with Gasteiger partial charge in [-0.25, -0.2) is 4.39 Å². The van der Waals surface area contributed by atoms with Crippen molar-refractivity contribution < 1.29 is 9.13 Å². The van der Waals surface area contributed by atoms with Crippen LogP contribution < -0.4 is 10.1 Å². The highest BCUT2D eigenvalue weighted by Gasteiger charge is 2.10. The molecule has 0 fully saturated rings. The largest absolute Gasteiger partial charge is 0.494 e. The summed E-state index contributed by atoms with van der Waals surface area (Å²) in [5.74, 6) is 0.662. The van der Waals surface area contributed by atoms with Crippen molar-refractivity contribution in [3.8, 4) is 5.75 Å². The first-order valence-electron chi connectivity index (χ1n) is 5.70. The Morgan fingerprint density at radius 3 is 2.72 bits per heavy atom. The molecule has 1 heterocycles. The minimum Gasteiger partial charge on any atom is -0.494 e. The number of hydrogen-bond donors (Lipinski definition) is 1. The van der Waals surface area contributed by atoms with Crippen LogP contribution in [-0.4, -0.2) is 16.9 Å². The zero-order chi connectivity index (χ0) is 13.1. The van der Waals surface area contributed by atoms with E-state index in [0.29, 0.717) is 0 Å². The van der Waals surface area contributed by atoms with Crippen molar-refractivity contribution in [2.45, 2.75) is 13.0 Å². The number of ether oxygens (including phenoxy) is 1. The maximum atomic E-state index is 13.6. The number of nitrogens with zero attached hydrogens (tertiary/aromatic N) is 2. The third-order valence-corrected chi connectivity index (χ3v) is 2.75. The van der Waals surface area contributed by atoms with Crippen LogP contribution in [0, 0.1) is 5.82 Å². The van der Waals surface area contributed by atoms with E-state index < -0.39 is 0 Å². The summed E-state index contributed by atoms with van der Waals surface area (Å²) in [4.78, 5) is 0. The number of aryl methyl sites for hydroxylation is 1. The molecule has 0 spiro atoms. The van der Waals surface area contributed by atoms with E-state index in [4.69, 9.17) is 4.74 Å². The number of anilines is 1. The van der Waals surface area contributed by atoms with Gasteiger partial charge in [-0.05, 0) is 24.6 Å². The van der Waals surface area contributed by atoms with E-state index in [0.717, 1.165) is 11.4 Å². The van der Waals surface area contributed by atoms with Crippen LogP contribution in [0.15, 0.2) is 30.5 Å². The van der Waals surface area contributed by atoms with Crippen LogP contribution in [0.4, 0.5) is 10.2 Å². The van der Waals surface area contributed by atoms with Gasteiger partial charge in [-0.2, -0.15) is 5.10 Å². The van der Waals surface area contributed by atoms with Crippen LogP contribution in [0.3, 0.4) is 0 Å². The van der Waals surface area contributed by atoms with Crippen molar-refractivity contribution >= 4 is 5.82 Å². The third-order valence-electron chi connectivity index (χ3n) is 2.75. The SMILES string of the molecule is COc1ccc(C(C)Nc2ccn(C)n2)cc1F. The summed E-state index contributed by atoms with van der Waals surface area (Å²) in [5.41, 5.74) is 0.846. The smallest absolute Gasteiger partial charge is 0.165 e. The predicted molar refractivity (Wildman–Crippen MR) is 68.2 cm³/mol. The van der Waals surface area contributed by atoms with Crippen molar-refractivity contribution in [2.24, 2.45) is 7.05 Å². The number of aromatic nitrogens is 2. The molecule has 0 saturated heterocycles. The van der Waals surface area contributed by atoms with Gasteiger partial charge in [0.25, 0.3) is 0 Å². The standard InChI is InChI=1S/C13H16FN3O/c1-9(15-13-6-7-17(2)16-13)10-4-5-12(18-3)11(14)8-10/h4-9H,1-3H3,(H,15,16). The molecule has 0 saturated carbocycles. The Hall–Kier alpha value is -2.04. The normalized spacial score (nSPS) is 12.2. The summed E-state index contributed by atoms with van der Waals surface area (Å²) >= 11 is 0. The van der Waals surface area contributed by atoms with Crippen LogP contribution >= 0.6 is 0 Å². The molecular formula is C13H16FN3O. The van der Waals surface area contributed by atoms with E-state index >= 15 is 0 Å². The number of halogens is 1. The monoisotopic (exact) mass is 249 g/mol. The summed E-state index contributed by atoms with van der Waals surface area (Å²) in [6, 6.07) is 6.78. The Kier molecular flexibility index (Phi) is 3.50. The van der Waals surface area contributed by atoms with E-state index in [9.17, 15) is 4.39 Å². The molecule has 0 aliphatic carbocycles. The minimum absolute atomic E-state index is 0.0275. The lowest BCUT2D eigenvalue weighted by Gasteiger charge is -2.14. The molecule has 2 rings (SSSR count). The van der Waals surface area contributed by atoms with Crippen LogP contribution in [0.1, 0.15) is 18.5 Å². The highest BCUT2D eigenvalue weighted by Crippen LogP contribution is 2.23. The van der Waals surface area contributed by atoms with Gasteiger partial charge < -0.3 is 10.1 Å². The van der Waals surface area contributed by atoms with Gasteiger partial charge in [0.05, 0.1) is 13.2 Å². The summed E-state index contributed by atoms with van der Waals surface area (Å²) in [6.45, 7) is 1.95. The van der Waals surface area contributed by atoms with Gasteiger partial charge in [-0.1, -0.05) is 6.07 Å². The molecule has 96 valence electrons. The molecular weight excluding hydrogens is 233 g/mol. The first kappa shape index (κ1) is 12.4. The Labute approximate surface area is 105 Å². The maximum Gasteiger partial charge on any atom is 0.165 e. The topological polar surface area (TPSA) is 39.1 Å². The second-order valence-electron chi connectivity index (χ2n) is 4.13. The van der Waals surface area contributed by atoms with E-state index in [1.807, 2.05) is 32.3 Å². The van der Waals surface area contributed by atoms with Gasteiger partial charge in [-0.15, -0.1) is 0 Å². The molecule has 0 amide bonds. The molecule has 4 nitrogen and oxygen atoms in total. The Balaban J connectivity index is 2.13. The summed E-state index contributed by atoms with van der Waals surface area (Å²) < 4.78 is 20.2. The third kappa shape index (κ3) is 2.61. The van der Waals surface area contributed by atoms with E-state index in [-0.39, 0.29) is 17.6 Å². The van der Waals surface area contributed by atoms with E-state index in [2.05, 4.69) is 10.4 Å². The lowest BCUT2D eigenvalue weighted by molar-refractivity contribution is 0.386. The predicted octanol–water partition coefficient (Wildman–Crippen LogP) is 2.74. The first-order valence-corrected chi connectivity index (χ1v) is 5.70. The molecule has 2 aromatic rings. The van der Waals surface area contributed by atoms with Crippen LogP contribution in [0.25, 0.3) is 0 Å². The Bertz CT molecular complexity index is 539. The molecule has 1 aromatic heterocycles. The Morgan fingerprint density at radius 2 is 2.17 bits per heavy atom. The summed E-state index contributed by atoms with van der Waals surface area (Å²) in [6.07, 6.45) is 1.85. The van der Waals surface area contributed by atoms with Crippen molar-refractivity contribution in [1.29, 1.82) is 0 Å². The fourth-order valence-electron chi connectivity index (χ4n) is 1.75. The molecule has 1 aromatic carbocycles. The fraction of sp³-hybridized carbons (Fsp3) is 0.308. The molecule has 0 aliphatic heterocycles. The maximum absolute atomic E-state index is 13.6. The van der Waals surface area contributed by atoms with E-state index in [1.165, 1.54) is 13.2 Å². The van der Waals surface area contributed by atoms with Gasteiger partial charge in [0.1, 0.15) is 5.82 Å². The highest BCUT2D eigenvalue weighted by molar-refractivity contribution is 5.38. The number of hydrogen-bond acceptors (Lipinski definition) is 3. The van der Waals surface area contributed by atoms with Gasteiger partial charge >= 0.3 is 0 Å². The number of nitrogens with one attached hydrogen (secondary N) is 1. The van der Waals surface area contributed by atoms with Crippen LogP contribution in [-0.2, 0) is 7.05 Å². The first-order chi connectivity index (χ1) is 8.60. The van der Waals surface area contributed by atoms with Gasteiger partial charge in [0, 0.05) is 19.3 Å². The minimum atomic E-state index is -0.357. The Morgan fingerprint density at radius 1 is 1.39 bits per heavy atom. The highest BCUT2D eigenvalue weighted by atomic mass is 19.1. The number of benzene rings is 1. The second kappa shape index (κ2) is 5.08. The van der Waals surface area contributed by atoms with Crippen molar-refractivity contribution in [3.63, 3.8) is 0 Å². The van der Waals surface area contributed by atoms with Gasteiger partial charge in [0.2, 0.25) is 0 Å². The lowest BCUT2D eigenvalue weighted by Crippen LogP contribution is -2.08. The van der Waals surface area contributed by atoms with Crippen LogP contribution in [0.2, 0.25) is 0 Å². The van der Waals surface area contributed by atoms with Gasteiger partial charge in [-0.3, -0.25) is 4.68 Å².